The van der Waals surface area contributed by atoms with Crippen molar-refractivity contribution in [2.24, 2.45) is 0 Å². The molecule has 1 fully saturated rings. The monoisotopic (exact) mass is 514 g/mol. The summed E-state index contributed by atoms with van der Waals surface area (Å²) in [6.07, 6.45) is 0. The number of benzene rings is 3. The number of rotatable bonds is 8. The lowest BCUT2D eigenvalue weighted by Gasteiger charge is -2.40. The fraction of sp³-hybridized carbons (Fsp3) is 0.424. The highest BCUT2D eigenvalue weighted by molar-refractivity contribution is 5.94. The fourth-order valence-electron chi connectivity index (χ4n) is 5.39. The maximum absolute atomic E-state index is 13.2. The molecule has 4 rings (SSSR count). The van der Waals surface area contributed by atoms with Crippen LogP contribution in [0.1, 0.15) is 74.6 Å². The molecule has 1 heterocycles. The topological polar surface area (TPSA) is 52.8 Å². The van der Waals surface area contributed by atoms with E-state index < -0.39 is 0 Å². The molecule has 1 aliphatic heterocycles. The molecule has 3 aromatic rings. The predicted molar refractivity (Wildman–Crippen MR) is 160 cm³/mol. The van der Waals surface area contributed by atoms with E-state index in [1.807, 2.05) is 43.0 Å². The Kier molecular flexibility index (Phi) is 10.9. The predicted octanol–water partition coefficient (Wildman–Crippen LogP) is 6.46. The SMILES string of the molecule is CC.CC(C)N(C(=O)c1ccc(C(c2cccc(N)c2)N2CCN(Cc3ccccc3)CC2)cc1)C(C)C. The summed E-state index contributed by atoms with van der Waals surface area (Å²) in [6, 6.07) is 27.5. The number of nitrogens with two attached hydrogens (primary N) is 1. The molecule has 3 aromatic carbocycles. The highest BCUT2D eigenvalue weighted by Crippen LogP contribution is 2.31. The van der Waals surface area contributed by atoms with Gasteiger partial charge in [0.2, 0.25) is 0 Å². The van der Waals surface area contributed by atoms with Gasteiger partial charge in [0, 0.05) is 56.1 Å². The minimum atomic E-state index is 0.0848. The summed E-state index contributed by atoms with van der Waals surface area (Å²) >= 11 is 0. The zero-order chi connectivity index (χ0) is 27.7. The van der Waals surface area contributed by atoms with Crippen molar-refractivity contribution in [3.05, 3.63) is 101 Å². The van der Waals surface area contributed by atoms with Crippen molar-refractivity contribution < 1.29 is 4.79 Å². The van der Waals surface area contributed by atoms with Crippen LogP contribution in [0, 0.1) is 0 Å². The van der Waals surface area contributed by atoms with Gasteiger partial charge in [-0.1, -0.05) is 68.4 Å². The molecule has 0 aromatic heterocycles. The molecule has 38 heavy (non-hydrogen) atoms. The molecule has 2 N–H and O–H groups in total. The van der Waals surface area contributed by atoms with E-state index in [4.69, 9.17) is 5.73 Å². The second-order valence-electron chi connectivity index (χ2n) is 10.4. The quantitative estimate of drug-likeness (QED) is 0.351. The molecule has 0 aliphatic carbocycles. The van der Waals surface area contributed by atoms with Gasteiger partial charge < -0.3 is 10.6 Å². The average molecular weight is 515 g/mol. The molecule has 204 valence electrons. The Balaban J connectivity index is 0.00000195. The van der Waals surface area contributed by atoms with E-state index >= 15 is 0 Å². The van der Waals surface area contributed by atoms with Crippen molar-refractivity contribution in [2.75, 3.05) is 31.9 Å². The molecular weight excluding hydrogens is 468 g/mol. The summed E-state index contributed by atoms with van der Waals surface area (Å²) in [5, 5.41) is 0. The molecule has 0 spiro atoms. The van der Waals surface area contributed by atoms with Gasteiger partial charge in [0.1, 0.15) is 0 Å². The van der Waals surface area contributed by atoms with Gasteiger partial charge in [-0.25, -0.2) is 0 Å². The van der Waals surface area contributed by atoms with Crippen LogP contribution >= 0.6 is 0 Å². The van der Waals surface area contributed by atoms with Crippen LogP contribution < -0.4 is 5.73 Å². The molecule has 5 nitrogen and oxygen atoms in total. The van der Waals surface area contributed by atoms with Gasteiger partial charge in [0.05, 0.1) is 6.04 Å². The third-order valence-electron chi connectivity index (χ3n) is 7.07. The van der Waals surface area contributed by atoms with E-state index in [1.54, 1.807) is 0 Å². The van der Waals surface area contributed by atoms with Crippen LogP contribution in [0.4, 0.5) is 5.69 Å². The first-order valence-electron chi connectivity index (χ1n) is 14.1. The Morgan fingerprint density at radius 1 is 0.789 bits per heavy atom. The molecule has 1 aliphatic rings. The molecule has 0 radical (unpaired) electrons. The van der Waals surface area contributed by atoms with Crippen LogP contribution in [-0.4, -0.2) is 58.9 Å². The fourth-order valence-corrected chi connectivity index (χ4v) is 5.39. The standard InChI is InChI=1S/C31H40N4O.C2H6/c1-23(2)35(24(3)4)31(36)27-15-13-26(14-16-27)30(28-11-8-12-29(32)21-28)34-19-17-33(18-20-34)22-25-9-6-5-7-10-25;1-2/h5-16,21,23-24,30H,17-20,22,32H2,1-4H3;1-2H3. The summed E-state index contributed by atoms with van der Waals surface area (Å²) in [6.45, 7) is 17.2. The molecular formula is C33H46N4O. The van der Waals surface area contributed by atoms with Gasteiger partial charge in [0.15, 0.2) is 0 Å². The Labute approximate surface area is 230 Å². The maximum atomic E-state index is 13.2. The number of nitrogen functional groups attached to an aromatic ring is 1. The van der Waals surface area contributed by atoms with Crippen LogP contribution in [-0.2, 0) is 6.54 Å². The minimum absolute atomic E-state index is 0.0848. The second kappa shape index (κ2) is 14.1. The first-order valence-corrected chi connectivity index (χ1v) is 14.1. The summed E-state index contributed by atoms with van der Waals surface area (Å²) in [4.78, 5) is 20.2. The number of amides is 1. The molecule has 0 bridgehead atoms. The Morgan fingerprint density at radius 3 is 1.95 bits per heavy atom. The lowest BCUT2D eigenvalue weighted by Crippen LogP contribution is -2.47. The number of hydrogen-bond donors (Lipinski definition) is 1. The molecule has 1 amide bonds. The zero-order valence-corrected chi connectivity index (χ0v) is 24.1. The van der Waals surface area contributed by atoms with E-state index in [-0.39, 0.29) is 24.0 Å². The molecule has 1 saturated heterocycles. The van der Waals surface area contributed by atoms with Gasteiger partial charge >= 0.3 is 0 Å². The zero-order valence-electron chi connectivity index (χ0n) is 24.1. The van der Waals surface area contributed by atoms with Crippen molar-refractivity contribution in [2.45, 2.75) is 66.2 Å². The maximum Gasteiger partial charge on any atom is 0.254 e. The Morgan fingerprint density at radius 2 is 1.39 bits per heavy atom. The smallest absolute Gasteiger partial charge is 0.254 e. The van der Waals surface area contributed by atoms with Crippen LogP contribution in [0.3, 0.4) is 0 Å². The van der Waals surface area contributed by atoms with Crippen LogP contribution in [0.2, 0.25) is 0 Å². The largest absolute Gasteiger partial charge is 0.399 e. The number of hydrogen-bond acceptors (Lipinski definition) is 4. The highest BCUT2D eigenvalue weighted by atomic mass is 16.2. The van der Waals surface area contributed by atoms with Crippen molar-refractivity contribution >= 4 is 11.6 Å². The molecule has 5 heteroatoms. The van der Waals surface area contributed by atoms with Crippen molar-refractivity contribution in [3.63, 3.8) is 0 Å². The number of nitrogens with zero attached hydrogens (tertiary/aromatic N) is 3. The number of carbonyl (C=O) groups is 1. The summed E-state index contributed by atoms with van der Waals surface area (Å²) in [7, 11) is 0. The minimum Gasteiger partial charge on any atom is -0.399 e. The van der Waals surface area contributed by atoms with Crippen molar-refractivity contribution in [3.8, 4) is 0 Å². The van der Waals surface area contributed by atoms with E-state index in [1.165, 1.54) is 16.7 Å². The average Bonchev–Trinajstić information content (AvgIpc) is 2.91. The number of piperazine rings is 1. The van der Waals surface area contributed by atoms with Gasteiger partial charge in [-0.05, 0) is 68.7 Å². The highest BCUT2D eigenvalue weighted by Gasteiger charge is 2.27. The lowest BCUT2D eigenvalue weighted by atomic mass is 9.94. The van der Waals surface area contributed by atoms with E-state index in [0.29, 0.717) is 0 Å². The van der Waals surface area contributed by atoms with E-state index in [9.17, 15) is 4.79 Å². The Bertz CT molecular complexity index is 1110. The first-order chi connectivity index (χ1) is 18.3. The number of anilines is 1. The van der Waals surface area contributed by atoms with Gasteiger partial charge in [-0.2, -0.15) is 0 Å². The molecule has 0 saturated carbocycles. The normalized spacial score (nSPS) is 15.2. The van der Waals surface area contributed by atoms with Crippen LogP contribution in [0.25, 0.3) is 0 Å². The van der Waals surface area contributed by atoms with Crippen molar-refractivity contribution in [1.82, 2.24) is 14.7 Å². The van der Waals surface area contributed by atoms with E-state index in [0.717, 1.165) is 44.0 Å². The summed E-state index contributed by atoms with van der Waals surface area (Å²) in [5.41, 5.74) is 11.4. The Hall–Kier alpha value is -3.15. The van der Waals surface area contributed by atoms with Crippen molar-refractivity contribution in [1.29, 1.82) is 0 Å². The summed E-state index contributed by atoms with van der Waals surface area (Å²) in [5.74, 6) is 0.0848. The third kappa shape index (κ3) is 7.46. The first kappa shape index (κ1) is 29.4. The van der Waals surface area contributed by atoms with Crippen LogP contribution in [0.15, 0.2) is 78.9 Å². The van der Waals surface area contributed by atoms with E-state index in [2.05, 4.69) is 92.1 Å². The van der Waals surface area contributed by atoms with Gasteiger partial charge in [-0.15, -0.1) is 0 Å². The van der Waals surface area contributed by atoms with Crippen LogP contribution in [0.5, 0.6) is 0 Å². The molecule has 1 atom stereocenters. The third-order valence-corrected chi connectivity index (χ3v) is 7.07. The van der Waals surface area contributed by atoms with Gasteiger partial charge in [-0.3, -0.25) is 14.6 Å². The number of carbonyl (C=O) groups excluding carboxylic acids is 1. The van der Waals surface area contributed by atoms with Gasteiger partial charge in [0.25, 0.3) is 5.91 Å². The lowest BCUT2D eigenvalue weighted by molar-refractivity contribution is 0.0643. The molecule has 1 unspecified atom stereocenters. The summed E-state index contributed by atoms with van der Waals surface area (Å²) < 4.78 is 0. The second-order valence-corrected chi connectivity index (χ2v) is 10.4.